The lowest BCUT2D eigenvalue weighted by Crippen LogP contribution is -2.53. The van der Waals surface area contributed by atoms with Gasteiger partial charge in [0.25, 0.3) is 0 Å². The fourth-order valence-electron chi connectivity index (χ4n) is 3.04. The van der Waals surface area contributed by atoms with Crippen molar-refractivity contribution in [2.45, 2.75) is 64.6 Å². The Labute approximate surface area is 86.0 Å². The van der Waals surface area contributed by atoms with Gasteiger partial charge in [-0.1, -0.05) is 13.8 Å². The average Bonchev–Trinajstić information content (AvgIpc) is 2.46. The first kappa shape index (κ1) is 10.2. The summed E-state index contributed by atoms with van der Waals surface area (Å²) in [5, 5.41) is 0. The van der Waals surface area contributed by atoms with Crippen LogP contribution in [0.4, 0.5) is 0 Å². The lowest BCUT2D eigenvalue weighted by molar-refractivity contribution is -0.167. The zero-order valence-electron chi connectivity index (χ0n) is 9.43. The van der Waals surface area contributed by atoms with E-state index in [9.17, 15) is 4.79 Å². The normalized spacial score (nSPS) is 41.9. The molecule has 1 saturated heterocycles. The van der Waals surface area contributed by atoms with Gasteiger partial charge in [-0.3, -0.25) is 4.79 Å². The Hall–Kier alpha value is -0.370. The van der Waals surface area contributed by atoms with Crippen LogP contribution in [0.25, 0.3) is 0 Å². The highest BCUT2D eigenvalue weighted by atomic mass is 16.5. The zero-order valence-corrected chi connectivity index (χ0v) is 9.43. The molecule has 2 heteroatoms. The van der Waals surface area contributed by atoms with E-state index in [1.165, 1.54) is 0 Å². The first-order valence-corrected chi connectivity index (χ1v) is 5.69. The summed E-state index contributed by atoms with van der Waals surface area (Å²) in [6, 6.07) is 0. The van der Waals surface area contributed by atoms with Crippen LogP contribution in [-0.4, -0.2) is 17.5 Å². The summed E-state index contributed by atoms with van der Waals surface area (Å²) in [5.74, 6) is 0.345. The second-order valence-corrected chi connectivity index (χ2v) is 5.45. The van der Waals surface area contributed by atoms with Crippen LogP contribution in [0.2, 0.25) is 0 Å². The summed E-state index contributed by atoms with van der Waals surface area (Å²) in [6.07, 6.45) is 5.10. The van der Waals surface area contributed by atoms with E-state index in [0.717, 1.165) is 32.1 Å². The summed E-state index contributed by atoms with van der Waals surface area (Å²) in [6.45, 7) is 6.44. The highest BCUT2D eigenvalue weighted by Gasteiger charge is 2.56. The van der Waals surface area contributed by atoms with Gasteiger partial charge in [-0.05, 0) is 32.6 Å². The van der Waals surface area contributed by atoms with Crippen molar-refractivity contribution in [2.24, 2.45) is 5.41 Å². The first-order valence-electron chi connectivity index (χ1n) is 5.69. The van der Waals surface area contributed by atoms with E-state index in [0.29, 0.717) is 5.78 Å². The molecular weight excluding hydrogens is 176 g/mol. The molecule has 1 heterocycles. The molecule has 0 aromatic carbocycles. The molecule has 0 N–H and O–H groups in total. The predicted molar refractivity (Wildman–Crippen MR) is 55.2 cm³/mol. The molecule has 2 aliphatic rings. The summed E-state index contributed by atoms with van der Waals surface area (Å²) >= 11 is 0. The Balaban J connectivity index is 2.32. The molecule has 1 saturated carbocycles. The molecule has 14 heavy (non-hydrogen) atoms. The molecule has 0 amide bonds. The van der Waals surface area contributed by atoms with E-state index in [4.69, 9.17) is 4.74 Å². The van der Waals surface area contributed by atoms with Crippen LogP contribution in [0.3, 0.4) is 0 Å². The largest absolute Gasteiger partial charge is 0.364 e. The van der Waals surface area contributed by atoms with Crippen molar-refractivity contribution in [1.29, 1.82) is 0 Å². The fourth-order valence-corrected chi connectivity index (χ4v) is 3.04. The van der Waals surface area contributed by atoms with E-state index in [1.807, 2.05) is 0 Å². The third-order valence-corrected chi connectivity index (χ3v) is 4.05. The minimum absolute atomic E-state index is 0.0348. The van der Waals surface area contributed by atoms with Gasteiger partial charge in [-0.15, -0.1) is 0 Å². The monoisotopic (exact) mass is 196 g/mol. The fraction of sp³-hybridized carbons (Fsp3) is 0.917. The third-order valence-electron chi connectivity index (χ3n) is 4.05. The van der Waals surface area contributed by atoms with Gasteiger partial charge >= 0.3 is 0 Å². The zero-order chi connectivity index (χ0) is 10.4. The number of carbonyl (C=O) groups excluding carboxylic acids is 1. The quantitative estimate of drug-likeness (QED) is 0.595. The second-order valence-electron chi connectivity index (χ2n) is 5.45. The van der Waals surface area contributed by atoms with E-state index in [-0.39, 0.29) is 11.5 Å². The molecule has 0 unspecified atom stereocenters. The third kappa shape index (κ3) is 1.23. The minimum atomic E-state index is -0.440. The maximum absolute atomic E-state index is 12.1. The number of ether oxygens (including phenoxy) is 1. The van der Waals surface area contributed by atoms with E-state index in [1.54, 1.807) is 0 Å². The van der Waals surface area contributed by atoms with Crippen LogP contribution in [0.15, 0.2) is 0 Å². The highest BCUT2D eigenvalue weighted by Crippen LogP contribution is 2.50. The van der Waals surface area contributed by atoms with Crippen LogP contribution in [-0.2, 0) is 9.53 Å². The molecular formula is C12H20O2. The van der Waals surface area contributed by atoms with Crippen LogP contribution in [0, 0.1) is 5.41 Å². The molecule has 1 aliphatic heterocycles. The van der Waals surface area contributed by atoms with Crippen molar-refractivity contribution in [2.75, 3.05) is 0 Å². The standard InChI is InChI=1S/C12H20O2/c1-9-6-8-12(14-9)10(13)5-4-7-11(12,2)3/h9H,4-8H2,1-3H3/t9-,12+/m1/s1. The molecule has 2 rings (SSSR count). The molecule has 0 aromatic rings. The molecule has 80 valence electrons. The van der Waals surface area contributed by atoms with E-state index < -0.39 is 5.60 Å². The number of ketones is 1. The van der Waals surface area contributed by atoms with Gasteiger partial charge < -0.3 is 4.74 Å². The van der Waals surface area contributed by atoms with Crippen LogP contribution in [0.5, 0.6) is 0 Å². The van der Waals surface area contributed by atoms with Gasteiger partial charge in [-0.25, -0.2) is 0 Å². The van der Waals surface area contributed by atoms with Crippen molar-refractivity contribution in [3.63, 3.8) is 0 Å². The van der Waals surface area contributed by atoms with Gasteiger partial charge in [0, 0.05) is 11.8 Å². The number of hydrogen-bond acceptors (Lipinski definition) is 2. The van der Waals surface area contributed by atoms with Gasteiger partial charge in [-0.2, -0.15) is 0 Å². The van der Waals surface area contributed by atoms with E-state index >= 15 is 0 Å². The van der Waals surface area contributed by atoms with Crippen molar-refractivity contribution in [1.82, 2.24) is 0 Å². The first-order chi connectivity index (χ1) is 6.48. The summed E-state index contributed by atoms with van der Waals surface area (Å²) in [5.41, 5.74) is -0.405. The van der Waals surface area contributed by atoms with Crippen LogP contribution < -0.4 is 0 Å². The lowest BCUT2D eigenvalue weighted by atomic mass is 9.63. The van der Waals surface area contributed by atoms with Crippen molar-refractivity contribution in [3.8, 4) is 0 Å². The SMILES string of the molecule is C[C@@H]1CC[C@]2(O1)C(=O)CCCC2(C)C. The molecule has 0 radical (unpaired) electrons. The van der Waals surface area contributed by atoms with Crippen LogP contribution in [0.1, 0.15) is 52.9 Å². The Kier molecular flexibility index (Phi) is 2.22. The van der Waals surface area contributed by atoms with Gasteiger partial charge in [0.2, 0.25) is 0 Å². The molecule has 2 atom stereocenters. The smallest absolute Gasteiger partial charge is 0.165 e. The molecule has 2 fully saturated rings. The van der Waals surface area contributed by atoms with Crippen LogP contribution >= 0.6 is 0 Å². The summed E-state index contributed by atoms with van der Waals surface area (Å²) in [7, 11) is 0. The number of Topliss-reactive ketones (excluding diaryl/α,β-unsaturated/α-hetero) is 1. The Morgan fingerprint density at radius 2 is 2.07 bits per heavy atom. The highest BCUT2D eigenvalue weighted by molar-refractivity contribution is 5.89. The molecule has 1 spiro atoms. The topological polar surface area (TPSA) is 26.3 Å². The molecule has 0 bridgehead atoms. The van der Waals surface area contributed by atoms with Crippen molar-refractivity contribution < 1.29 is 9.53 Å². The minimum Gasteiger partial charge on any atom is -0.364 e. The molecule has 1 aliphatic carbocycles. The van der Waals surface area contributed by atoms with Gasteiger partial charge in [0.1, 0.15) is 5.60 Å². The maximum atomic E-state index is 12.1. The summed E-state index contributed by atoms with van der Waals surface area (Å²) < 4.78 is 5.97. The molecule has 0 aromatic heterocycles. The lowest BCUT2D eigenvalue weighted by Gasteiger charge is -2.45. The Morgan fingerprint density at radius 3 is 2.57 bits per heavy atom. The Morgan fingerprint density at radius 1 is 1.36 bits per heavy atom. The van der Waals surface area contributed by atoms with Gasteiger partial charge in [0.05, 0.1) is 6.10 Å². The summed E-state index contributed by atoms with van der Waals surface area (Å²) in [4.78, 5) is 12.1. The van der Waals surface area contributed by atoms with Crippen molar-refractivity contribution in [3.05, 3.63) is 0 Å². The number of carbonyl (C=O) groups is 1. The van der Waals surface area contributed by atoms with Gasteiger partial charge in [0.15, 0.2) is 5.78 Å². The number of rotatable bonds is 0. The predicted octanol–water partition coefficient (Wildman–Crippen LogP) is 2.70. The average molecular weight is 196 g/mol. The second kappa shape index (κ2) is 3.06. The number of hydrogen-bond donors (Lipinski definition) is 0. The van der Waals surface area contributed by atoms with E-state index in [2.05, 4.69) is 20.8 Å². The van der Waals surface area contributed by atoms with Crippen molar-refractivity contribution >= 4 is 5.78 Å². The Bertz CT molecular complexity index is 257. The molecule has 2 nitrogen and oxygen atoms in total. The maximum Gasteiger partial charge on any atom is 0.165 e.